The zero-order chi connectivity index (χ0) is 18.1. The highest BCUT2D eigenvalue weighted by atomic mass is 19.1. The highest BCUT2D eigenvalue weighted by molar-refractivity contribution is 5.88. The molecule has 26 heavy (non-hydrogen) atoms. The first-order valence-corrected chi connectivity index (χ1v) is 8.39. The smallest absolute Gasteiger partial charge is 0.222 e. The fraction of sp³-hybridized carbons (Fsp3) is 0.211. The molecule has 0 bridgehead atoms. The summed E-state index contributed by atoms with van der Waals surface area (Å²) < 4.78 is 15.1. The molecule has 1 aliphatic heterocycles. The molecule has 7 heteroatoms. The Morgan fingerprint density at radius 2 is 1.85 bits per heavy atom. The van der Waals surface area contributed by atoms with E-state index in [0.717, 1.165) is 23.2 Å². The first-order chi connectivity index (χ1) is 12.6. The van der Waals surface area contributed by atoms with Gasteiger partial charge >= 0.3 is 0 Å². The second-order valence-corrected chi connectivity index (χ2v) is 6.33. The lowest BCUT2D eigenvalue weighted by Gasteiger charge is -2.31. The van der Waals surface area contributed by atoms with Gasteiger partial charge in [0.2, 0.25) is 11.9 Å². The van der Waals surface area contributed by atoms with E-state index < -0.39 is 0 Å². The van der Waals surface area contributed by atoms with Crippen LogP contribution in [0.3, 0.4) is 0 Å². The van der Waals surface area contributed by atoms with E-state index in [0.29, 0.717) is 5.95 Å². The molecule has 6 nitrogen and oxygen atoms in total. The molecule has 4 rings (SSSR count). The summed E-state index contributed by atoms with van der Waals surface area (Å²) >= 11 is 0. The molecule has 0 aliphatic carbocycles. The third-order valence-electron chi connectivity index (χ3n) is 4.52. The first-order valence-electron chi connectivity index (χ1n) is 8.39. The molecule has 2 heterocycles. The van der Waals surface area contributed by atoms with E-state index in [9.17, 15) is 9.18 Å². The maximum Gasteiger partial charge on any atom is 0.222 e. The van der Waals surface area contributed by atoms with E-state index in [1.807, 2.05) is 28.9 Å². The summed E-state index contributed by atoms with van der Waals surface area (Å²) in [6, 6.07) is 14.2. The summed E-state index contributed by atoms with van der Waals surface area (Å²) in [7, 11) is 0. The monoisotopic (exact) mass is 351 g/mol. The average Bonchev–Trinajstić information content (AvgIpc) is 3.10. The molecule has 0 spiro atoms. The van der Waals surface area contributed by atoms with Gasteiger partial charge in [-0.25, -0.2) is 9.07 Å². The van der Waals surface area contributed by atoms with Crippen molar-refractivity contribution in [1.29, 1.82) is 0 Å². The van der Waals surface area contributed by atoms with Crippen LogP contribution >= 0.6 is 0 Å². The molecule has 3 aromatic rings. The van der Waals surface area contributed by atoms with Crippen molar-refractivity contribution in [3.63, 3.8) is 0 Å². The van der Waals surface area contributed by atoms with Crippen LogP contribution in [0.2, 0.25) is 0 Å². The lowest BCUT2D eigenvalue weighted by molar-refractivity contribution is -0.114. The average molecular weight is 351 g/mol. The predicted octanol–water partition coefficient (Wildman–Crippen LogP) is 3.52. The minimum atomic E-state index is -0.252. The van der Waals surface area contributed by atoms with Crippen molar-refractivity contribution >= 4 is 17.5 Å². The van der Waals surface area contributed by atoms with E-state index >= 15 is 0 Å². The van der Waals surface area contributed by atoms with Crippen LogP contribution in [0.15, 0.2) is 54.9 Å². The van der Waals surface area contributed by atoms with Crippen molar-refractivity contribution in [3.05, 3.63) is 71.8 Å². The normalized spacial score (nSPS) is 18.7. The SMILES string of the molecule is CC(=O)Nc1ccc([C@H]2C[C@@H](c3ccc(F)cc3)Nc3ncnn32)cc1. The predicted molar refractivity (Wildman–Crippen MR) is 96.3 cm³/mol. The van der Waals surface area contributed by atoms with Crippen LogP contribution in [0.1, 0.15) is 36.6 Å². The van der Waals surface area contributed by atoms with Crippen LogP contribution in [0.25, 0.3) is 0 Å². The summed E-state index contributed by atoms with van der Waals surface area (Å²) in [4.78, 5) is 15.5. The maximum atomic E-state index is 13.2. The molecule has 1 aliphatic rings. The molecule has 1 amide bonds. The fourth-order valence-corrected chi connectivity index (χ4v) is 3.30. The molecule has 2 N–H and O–H groups in total. The van der Waals surface area contributed by atoms with Crippen molar-refractivity contribution in [2.45, 2.75) is 25.4 Å². The summed E-state index contributed by atoms with van der Waals surface area (Å²) in [6.45, 7) is 1.48. The Balaban J connectivity index is 1.64. The van der Waals surface area contributed by atoms with Gasteiger partial charge in [-0.15, -0.1) is 0 Å². The van der Waals surface area contributed by atoms with E-state index in [4.69, 9.17) is 0 Å². The summed E-state index contributed by atoms with van der Waals surface area (Å²) in [5, 5.41) is 10.5. The molecule has 1 aromatic heterocycles. The maximum absolute atomic E-state index is 13.2. The van der Waals surface area contributed by atoms with Crippen LogP contribution < -0.4 is 10.6 Å². The third-order valence-corrected chi connectivity index (χ3v) is 4.52. The van der Waals surface area contributed by atoms with Gasteiger partial charge in [0.05, 0.1) is 12.1 Å². The minimum Gasteiger partial charge on any atom is -0.348 e. The molecule has 0 fully saturated rings. The van der Waals surface area contributed by atoms with Gasteiger partial charge in [0, 0.05) is 12.6 Å². The minimum absolute atomic E-state index is 0.00446. The standard InChI is InChI=1S/C19H18FN5O/c1-12(26)23-16-8-4-14(5-9-16)18-10-17(13-2-6-15(20)7-3-13)24-19-21-11-22-25(18)19/h2-9,11,17-18H,10H2,1H3,(H,23,26)(H,21,22,24)/t17-,18+/m0/s1. The van der Waals surface area contributed by atoms with Gasteiger partial charge in [-0.3, -0.25) is 4.79 Å². The van der Waals surface area contributed by atoms with Crippen molar-refractivity contribution in [1.82, 2.24) is 14.8 Å². The molecule has 0 radical (unpaired) electrons. The Kier molecular flexibility index (Phi) is 4.12. The number of anilines is 2. The highest BCUT2D eigenvalue weighted by Crippen LogP contribution is 2.37. The number of benzene rings is 2. The number of hydrogen-bond acceptors (Lipinski definition) is 4. The molecule has 0 saturated carbocycles. The number of amides is 1. The topological polar surface area (TPSA) is 71.8 Å². The van der Waals surface area contributed by atoms with Gasteiger partial charge in [0.1, 0.15) is 12.1 Å². The molecular formula is C19H18FN5O. The Bertz CT molecular complexity index is 920. The number of nitrogens with zero attached hydrogens (tertiary/aromatic N) is 3. The van der Waals surface area contributed by atoms with Gasteiger partial charge < -0.3 is 10.6 Å². The Morgan fingerprint density at radius 1 is 1.15 bits per heavy atom. The zero-order valence-corrected chi connectivity index (χ0v) is 14.2. The van der Waals surface area contributed by atoms with Gasteiger partial charge in [-0.2, -0.15) is 10.1 Å². The number of carbonyl (C=O) groups is 1. The third kappa shape index (κ3) is 3.15. The van der Waals surface area contributed by atoms with Gasteiger partial charge in [0.25, 0.3) is 0 Å². The lowest BCUT2D eigenvalue weighted by atomic mass is 9.93. The lowest BCUT2D eigenvalue weighted by Crippen LogP contribution is -2.28. The summed E-state index contributed by atoms with van der Waals surface area (Å²) in [6.07, 6.45) is 2.27. The first kappa shape index (κ1) is 16.3. The number of hydrogen-bond donors (Lipinski definition) is 2. The number of aromatic nitrogens is 3. The van der Waals surface area contributed by atoms with Crippen LogP contribution in [0.5, 0.6) is 0 Å². The summed E-state index contributed by atoms with van der Waals surface area (Å²) in [5.41, 5.74) is 2.82. The van der Waals surface area contributed by atoms with Gasteiger partial charge in [0.15, 0.2) is 0 Å². The van der Waals surface area contributed by atoms with Crippen molar-refractivity contribution in [2.24, 2.45) is 0 Å². The van der Waals surface area contributed by atoms with Gasteiger partial charge in [-0.1, -0.05) is 24.3 Å². The number of carbonyl (C=O) groups excluding carboxylic acids is 1. The second-order valence-electron chi connectivity index (χ2n) is 6.33. The van der Waals surface area contributed by atoms with Crippen molar-refractivity contribution < 1.29 is 9.18 Å². The quantitative estimate of drug-likeness (QED) is 0.757. The second kappa shape index (κ2) is 6.59. The Labute approximate surface area is 150 Å². The number of rotatable bonds is 3. The van der Waals surface area contributed by atoms with Crippen LogP contribution in [-0.2, 0) is 4.79 Å². The van der Waals surface area contributed by atoms with E-state index in [1.165, 1.54) is 25.4 Å². The largest absolute Gasteiger partial charge is 0.348 e. The van der Waals surface area contributed by atoms with E-state index in [-0.39, 0.29) is 23.8 Å². The van der Waals surface area contributed by atoms with Gasteiger partial charge in [-0.05, 0) is 41.8 Å². The van der Waals surface area contributed by atoms with E-state index in [2.05, 4.69) is 20.7 Å². The Hall–Kier alpha value is -3.22. The molecular weight excluding hydrogens is 333 g/mol. The fourth-order valence-electron chi connectivity index (χ4n) is 3.30. The number of fused-ring (bicyclic) bond motifs is 1. The van der Waals surface area contributed by atoms with Crippen LogP contribution in [0, 0.1) is 5.82 Å². The molecule has 132 valence electrons. The highest BCUT2D eigenvalue weighted by Gasteiger charge is 2.29. The van der Waals surface area contributed by atoms with E-state index in [1.54, 1.807) is 12.1 Å². The Morgan fingerprint density at radius 3 is 2.54 bits per heavy atom. The number of nitrogens with one attached hydrogen (secondary N) is 2. The molecule has 2 atom stereocenters. The molecule has 2 aromatic carbocycles. The number of halogens is 1. The zero-order valence-electron chi connectivity index (χ0n) is 14.2. The van der Waals surface area contributed by atoms with Crippen LogP contribution in [-0.4, -0.2) is 20.7 Å². The van der Waals surface area contributed by atoms with Crippen molar-refractivity contribution in [2.75, 3.05) is 10.6 Å². The molecule has 0 saturated heterocycles. The van der Waals surface area contributed by atoms with Crippen LogP contribution in [0.4, 0.5) is 16.0 Å². The summed E-state index contributed by atoms with van der Waals surface area (Å²) in [5.74, 6) is 0.328. The van der Waals surface area contributed by atoms with Crippen molar-refractivity contribution in [3.8, 4) is 0 Å². The molecule has 0 unspecified atom stereocenters.